The van der Waals surface area contributed by atoms with Crippen LogP contribution in [0.1, 0.15) is 94.3 Å². The molecule has 2 heterocycles. The normalized spacial score (nSPS) is 20.5. The molecule has 2 aromatic rings. The van der Waals surface area contributed by atoms with Crippen molar-refractivity contribution in [2.75, 3.05) is 39.8 Å². The van der Waals surface area contributed by atoms with E-state index in [0.29, 0.717) is 68.1 Å². The van der Waals surface area contributed by atoms with Crippen LogP contribution in [-0.4, -0.2) is 89.6 Å². The predicted octanol–water partition coefficient (Wildman–Crippen LogP) is 5.47. The number of ether oxygens (including phenoxy) is 2. The highest BCUT2D eigenvalue weighted by Crippen LogP contribution is 2.38. The van der Waals surface area contributed by atoms with Crippen LogP contribution < -0.4 is 20.1 Å². The van der Waals surface area contributed by atoms with Gasteiger partial charge in [0.2, 0.25) is 11.8 Å². The van der Waals surface area contributed by atoms with Gasteiger partial charge >= 0.3 is 0 Å². The van der Waals surface area contributed by atoms with Gasteiger partial charge in [-0.1, -0.05) is 44.7 Å². The average Bonchev–Trinajstić information content (AvgIpc) is 3.08. The number of para-hydroxylation sites is 2. The van der Waals surface area contributed by atoms with Crippen molar-refractivity contribution in [1.29, 1.82) is 0 Å². The molecule has 1 aliphatic carbocycles. The Morgan fingerprint density at radius 1 is 0.938 bits per heavy atom. The van der Waals surface area contributed by atoms with Crippen molar-refractivity contribution in [2.45, 2.75) is 101 Å². The minimum atomic E-state index is -0.865. The Labute approximate surface area is 291 Å². The molecular weight excluding hydrogens is 632 g/mol. The second-order valence-corrected chi connectivity index (χ2v) is 13.4. The van der Waals surface area contributed by atoms with E-state index in [1.807, 2.05) is 29.2 Å². The molecule has 48 heavy (non-hydrogen) atoms. The van der Waals surface area contributed by atoms with Crippen molar-refractivity contribution < 1.29 is 29.0 Å². The van der Waals surface area contributed by atoms with E-state index in [1.54, 1.807) is 31.3 Å². The van der Waals surface area contributed by atoms with Gasteiger partial charge in [0.1, 0.15) is 17.3 Å². The Morgan fingerprint density at radius 3 is 2.29 bits per heavy atom. The number of hydrogen-bond donors (Lipinski definition) is 3. The minimum absolute atomic E-state index is 0. The summed E-state index contributed by atoms with van der Waals surface area (Å²) in [5.74, 6) is 1.69. The van der Waals surface area contributed by atoms with E-state index in [2.05, 4.69) is 22.5 Å². The average molecular weight is 685 g/mol. The lowest BCUT2D eigenvalue weighted by Crippen LogP contribution is -2.73. The van der Waals surface area contributed by atoms with Gasteiger partial charge in [-0.05, 0) is 87.9 Å². The first-order chi connectivity index (χ1) is 22.8. The van der Waals surface area contributed by atoms with Gasteiger partial charge in [0.25, 0.3) is 5.91 Å². The summed E-state index contributed by atoms with van der Waals surface area (Å²) >= 11 is 0. The van der Waals surface area contributed by atoms with Crippen LogP contribution in [-0.2, 0) is 9.59 Å². The zero-order valence-corrected chi connectivity index (χ0v) is 29.3. The molecule has 0 aromatic heterocycles. The third-order valence-corrected chi connectivity index (χ3v) is 10.1. The Kier molecular flexibility index (Phi) is 13.6. The number of piperazine rings is 1. The lowest BCUT2D eigenvalue weighted by atomic mass is 9.77. The van der Waals surface area contributed by atoms with E-state index in [4.69, 9.17) is 9.47 Å². The van der Waals surface area contributed by atoms with Crippen molar-refractivity contribution in [1.82, 2.24) is 20.4 Å². The molecule has 2 saturated heterocycles. The number of hydrogen-bond acceptors (Lipinski definition) is 7. The molecule has 1 spiro atoms. The number of benzene rings is 2. The van der Waals surface area contributed by atoms with Gasteiger partial charge in [-0.15, -0.1) is 12.4 Å². The second-order valence-electron chi connectivity index (χ2n) is 13.4. The van der Waals surface area contributed by atoms with E-state index < -0.39 is 17.2 Å². The zero-order chi connectivity index (χ0) is 33.3. The Morgan fingerprint density at radius 2 is 1.62 bits per heavy atom. The molecule has 11 heteroatoms. The lowest BCUT2D eigenvalue weighted by molar-refractivity contribution is -0.163. The van der Waals surface area contributed by atoms with E-state index in [9.17, 15) is 19.5 Å². The van der Waals surface area contributed by atoms with Gasteiger partial charge in [-0.25, -0.2) is 0 Å². The predicted molar refractivity (Wildman–Crippen MR) is 188 cm³/mol. The van der Waals surface area contributed by atoms with E-state index in [1.165, 1.54) is 0 Å². The number of carbonyl (C=O) groups excluding carboxylic acids is 3. The Balaban J connectivity index is 0.00000520. The smallest absolute Gasteiger partial charge is 0.251 e. The molecule has 3 fully saturated rings. The van der Waals surface area contributed by atoms with Gasteiger partial charge in [-0.3, -0.25) is 14.4 Å². The number of nitrogens with zero attached hydrogens (tertiary/aromatic N) is 2. The van der Waals surface area contributed by atoms with Crippen LogP contribution in [0, 0.1) is 0 Å². The Hall–Kier alpha value is -3.34. The summed E-state index contributed by atoms with van der Waals surface area (Å²) in [6, 6.07) is 13.9. The highest BCUT2D eigenvalue weighted by Gasteiger charge is 2.54. The first-order valence-electron chi connectivity index (χ1n) is 17.6. The molecule has 0 unspecified atom stereocenters. The molecule has 10 nitrogen and oxygen atoms in total. The maximum absolute atomic E-state index is 13.8. The van der Waals surface area contributed by atoms with Crippen LogP contribution in [0.4, 0.5) is 0 Å². The van der Waals surface area contributed by atoms with Crippen LogP contribution >= 0.6 is 12.4 Å². The number of halogens is 1. The van der Waals surface area contributed by atoms with Gasteiger partial charge < -0.3 is 35.0 Å². The van der Waals surface area contributed by atoms with E-state index >= 15 is 0 Å². The zero-order valence-electron chi connectivity index (χ0n) is 28.5. The number of likely N-dealkylation sites (tertiary alicyclic amines) is 1. The first kappa shape index (κ1) is 37.5. The van der Waals surface area contributed by atoms with E-state index in [0.717, 1.165) is 64.6 Å². The van der Waals surface area contributed by atoms with E-state index in [-0.39, 0.29) is 30.1 Å². The number of nitrogens with one attached hydrogen (secondary N) is 2. The first-order valence-corrected chi connectivity index (χ1v) is 17.6. The third-order valence-electron chi connectivity index (χ3n) is 10.1. The molecule has 1 atom stereocenters. The molecule has 264 valence electrons. The molecule has 0 bridgehead atoms. The molecule has 0 radical (unpaired) electrons. The number of rotatable bonds is 14. The molecule has 2 aromatic carbocycles. The van der Waals surface area contributed by atoms with Crippen molar-refractivity contribution in [3.63, 3.8) is 0 Å². The maximum atomic E-state index is 13.8. The standard InChI is InChI=1S/C37H52N4O6.ClH/c1-3-4-23-41-34(43)30(27-36(45)18-8-5-9-19-36)39-35(44)37(41)20-24-40(25-21-37)22-10-11-26-46-31-12-6-7-13-32(31)47-29-16-14-28(15-17-29)33(42)38-2;/h6-7,12-17,30,45H,3-5,8-11,18-27H2,1-2H3,(H,38,42)(H,39,44);1H/t30-;/m1./s1. The highest BCUT2D eigenvalue weighted by atomic mass is 35.5. The van der Waals surface area contributed by atoms with Crippen LogP contribution in [0.25, 0.3) is 0 Å². The van der Waals surface area contributed by atoms with Crippen molar-refractivity contribution in [3.8, 4) is 17.2 Å². The topological polar surface area (TPSA) is 120 Å². The molecule has 5 rings (SSSR count). The van der Waals surface area contributed by atoms with Gasteiger partial charge in [0.05, 0.1) is 12.2 Å². The summed E-state index contributed by atoms with van der Waals surface area (Å²) in [4.78, 5) is 43.7. The number of carbonyl (C=O) groups is 3. The molecule has 1 saturated carbocycles. The maximum Gasteiger partial charge on any atom is 0.251 e. The monoisotopic (exact) mass is 684 g/mol. The number of aliphatic hydroxyl groups is 1. The SMILES string of the molecule is CCCCN1C(=O)[C@@H](CC2(O)CCCCC2)NC(=O)C12CCN(CCCCOc1ccccc1Oc1ccc(C(=O)NC)cc1)CC2.Cl. The fraction of sp³-hybridized carbons (Fsp3) is 0.595. The van der Waals surface area contributed by atoms with Crippen molar-refractivity contribution in [2.24, 2.45) is 0 Å². The van der Waals surface area contributed by atoms with Crippen molar-refractivity contribution >= 4 is 30.1 Å². The van der Waals surface area contributed by atoms with Crippen LogP contribution in [0.15, 0.2) is 48.5 Å². The fourth-order valence-electron chi connectivity index (χ4n) is 7.31. The van der Waals surface area contributed by atoms with Gasteiger partial charge in [0, 0.05) is 38.7 Å². The summed E-state index contributed by atoms with van der Waals surface area (Å²) in [7, 11) is 1.60. The highest BCUT2D eigenvalue weighted by molar-refractivity contribution is 6.00. The largest absolute Gasteiger partial charge is 0.490 e. The van der Waals surface area contributed by atoms with Crippen LogP contribution in [0.2, 0.25) is 0 Å². The van der Waals surface area contributed by atoms with Crippen molar-refractivity contribution in [3.05, 3.63) is 54.1 Å². The third kappa shape index (κ3) is 9.01. The number of piperidine rings is 1. The molecule has 3 amide bonds. The summed E-state index contributed by atoms with van der Waals surface area (Å²) in [5, 5.41) is 16.8. The summed E-state index contributed by atoms with van der Waals surface area (Å²) in [5.41, 5.74) is -1.10. The van der Waals surface area contributed by atoms with Crippen LogP contribution in [0.3, 0.4) is 0 Å². The summed E-state index contributed by atoms with van der Waals surface area (Å²) < 4.78 is 12.1. The van der Waals surface area contributed by atoms with Gasteiger partial charge in [0.15, 0.2) is 11.5 Å². The summed E-state index contributed by atoms with van der Waals surface area (Å²) in [6.45, 7) is 5.65. The fourth-order valence-corrected chi connectivity index (χ4v) is 7.31. The lowest BCUT2D eigenvalue weighted by Gasteiger charge is -2.52. The summed E-state index contributed by atoms with van der Waals surface area (Å²) in [6.07, 6.45) is 9.63. The number of unbranched alkanes of at least 4 members (excludes halogenated alkanes) is 2. The Bertz CT molecular complexity index is 1360. The molecule has 2 aliphatic heterocycles. The molecule has 3 aliphatic rings. The molecule has 3 N–H and O–H groups in total. The quantitative estimate of drug-likeness (QED) is 0.226. The minimum Gasteiger partial charge on any atom is -0.490 e. The molecular formula is C37H53ClN4O6. The second kappa shape index (κ2) is 17.4. The number of amides is 3. The van der Waals surface area contributed by atoms with Crippen LogP contribution in [0.5, 0.6) is 17.2 Å². The van der Waals surface area contributed by atoms with Gasteiger partial charge in [-0.2, -0.15) is 0 Å².